The van der Waals surface area contributed by atoms with Gasteiger partial charge in [0, 0.05) is 0 Å². The molecule has 0 radical (unpaired) electrons. The lowest BCUT2D eigenvalue weighted by Crippen LogP contribution is -2.32. The molecule has 1 heterocycles. The highest BCUT2D eigenvalue weighted by atomic mass is 16.5. The Morgan fingerprint density at radius 2 is 1.52 bits per heavy atom. The van der Waals surface area contributed by atoms with Crippen molar-refractivity contribution in [1.29, 1.82) is 0 Å². The van der Waals surface area contributed by atoms with E-state index in [0.717, 1.165) is 0 Å². The number of carbonyl (C=O) groups excluding carboxylic acids is 2. The van der Waals surface area contributed by atoms with Crippen molar-refractivity contribution in [3.05, 3.63) is 90.1 Å². The standard InChI is InChI=1S/C25H22N2O4/c1-3-31-21-12-8-7-11-20(21)26-23-22(17-13-15-19(30-2)16-14-17)24(28)27(25(23)29)18-9-5-4-6-10-18/h4-16,26H,3H2,1-2H3. The second-order valence-electron chi connectivity index (χ2n) is 6.81. The number of para-hydroxylation sites is 3. The lowest BCUT2D eigenvalue weighted by Gasteiger charge is -2.16. The summed E-state index contributed by atoms with van der Waals surface area (Å²) in [5, 5.41) is 3.16. The predicted molar refractivity (Wildman–Crippen MR) is 120 cm³/mol. The summed E-state index contributed by atoms with van der Waals surface area (Å²) in [4.78, 5) is 28.0. The van der Waals surface area contributed by atoms with Crippen molar-refractivity contribution in [1.82, 2.24) is 0 Å². The zero-order valence-corrected chi connectivity index (χ0v) is 17.3. The van der Waals surface area contributed by atoms with Crippen LogP contribution in [0.25, 0.3) is 5.57 Å². The Morgan fingerprint density at radius 3 is 2.19 bits per heavy atom. The topological polar surface area (TPSA) is 67.9 Å². The maximum absolute atomic E-state index is 13.4. The maximum Gasteiger partial charge on any atom is 0.282 e. The summed E-state index contributed by atoms with van der Waals surface area (Å²) < 4.78 is 10.9. The summed E-state index contributed by atoms with van der Waals surface area (Å²) in [7, 11) is 1.58. The Bertz CT molecular complexity index is 1140. The molecule has 0 unspecified atom stereocenters. The Labute approximate surface area is 180 Å². The Kier molecular flexibility index (Phi) is 5.71. The van der Waals surface area contributed by atoms with Gasteiger partial charge in [0.25, 0.3) is 11.8 Å². The molecule has 0 aromatic heterocycles. The van der Waals surface area contributed by atoms with E-state index in [2.05, 4.69) is 5.32 Å². The molecule has 1 aliphatic heterocycles. The van der Waals surface area contributed by atoms with E-state index in [-0.39, 0.29) is 5.70 Å². The number of methoxy groups -OCH3 is 1. The van der Waals surface area contributed by atoms with E-state index in [1.54, 1.807) is 55.6 Å². The molecule has 4 rings (SSSR count). The van der Waals surface area contributed by atoms with E-state index < -0.39 is 11.8 Å². The number of benzene rings is 3. The van der Waals surface area contributed by atoms with E-state index in [1.807, 2.05) is 37.3 Å². The highest BCUT2D eigenvalue weighted by Crippen LogP contribution is 2.36. The maximum atomic E-state index is 13.4. The van der Waals surface area contributed by atoms with Gasteiger partial charge in [0.15, 0.2) is 0 Å². The quantitative estimate of drug-likeness (QED) is 0.577. The average Bonchev–Trinajstić information content (AvgIpc) is 3.05. The number of nitrogens with zero attached hydrogens (tertiary/aromatic N) is 1. The number of imide groups is 1. The van der Waals surface area contributed by atoms with Crippen LogP contribution >= 0.6 is 0 Å². The molecule has 1 N–H and O–H groups in total. The molecule has 0 atom stereocenters. The van der Waals surface area contributed by atoms with Gasteiger partial charge in [0.1, 0.15) is 17.2 Å². The molecule has 0 spiro atoms. The number of nitrogens with one attached hydrogen (secondary N) is 1. The molecular weight excluding hydrogens is 392 g/mol. The van der Waals surface area contributed by atoms with Gasteiger partial charge in [-0.15, -0.1) is 0 Å². The number of hydrogen-bond acceptors (Lipinski definition) is 5. The van der Waals surface area contributed by atoms with Crippen LogP contribution in [-0.2, 0) is 9.59 Å². The van der Waals surface area contributed by atoms with Crippen molar-refractivity contribution in [2.45, 2.75) is 6.92 Å². The van der Waals surface area contributed by atoms with E-state index in [1.165, 1.54) is 4.90 Å². The third-order valence-corrected chi connectivity index (χ3v) is 4.92. The summed E-state index contributed by atoms with van der Waals surface area (Å²) in [5.41, 5.74) is 2.24. The fourth-order valence-corrected chi connectivity index (χ4v) is 3.47. The number of ether oxygens (including phenoxy) is 2. The molecule has 3 aromatic rings. The summed E-state index contributed by atoms with van der Waals surface area (Å²) >= 11 is 0. The lowest BCUT2D eigenvalue weighted by molar-refractivity contribution is -0.120. The lowest BCUT2D eigenvalue weighted by atomic mass is 10.0. The van der Waals surface area contributed by atoms with Crippen LogP contribution in [0.1, 0.15) is 12.5 Å². The normalized spacial score (nSPS) is 13.5. The van der Waals surface area contributed by atoms with Gasteiger partial charge in [-0.3, -0.25) is 9.59 Å². The van der Waals surface area contributed by atoms with Crippen molar-refractivity contribution >= 4 is 28.8 Å². The fourth-order valence-electron chi connectivity index (χ4n) is 3.47. The third kappa shape index (κ3) is 3.88. The van der Waals surface area contributed by atoms with Crippen molar-refractivity contribution in [2.75, 3.05) is 23.9 Å². The molecule has 1 aliphatic rings. The van der Waals surface area contributed by atoms with E-state index >= 15 is 0 Å². The largest absolute Gasteiger partial charge is 0.497 e. The zero-order chi connectivity index (χ0) is 21.8. The molecule has 31 heavy (non-hydrogen) atoms. The van der Waals surface area contributed by atoms with Crippen LogP contribution in [0.5, 0.6) is 11.5 Å². The monoisotopic (exact) mass is 414 g/mol. The highest BCUT2D eigenvalue weighted by Gasteiger charge is 2.40. The molecule has 6 heteroatoms. The second kappa shape index (κ2) is 8.75. The van der Waals surface area contributed by atoms with Crippen molar-refractivity contribution in [3.63, 3.8) is 0 Å². The first-order valence-electron chi connectivity index (χ1n) is 9.95. The first-order valence-corrected chi connectivity index (χ1v) is 9.95. The molecule has 0 saturated carbocycles. The summed E-state index contributed by atoms with van der Waals surface area (Å²) in [6.07, 6.45) is 0. The minimum Gasteiger partial charge on any atom is -0.497 e. The fraction of sp³-hybridized carbons (Fsp3) is 0.120. The molecule has 6 nitrogen and oxygen atoms in total. The van der Waals surface area contributed by atoms with Crippen molar-refractivity contribution in [3.8, 4) is 11.5 Å². The van der Waals surface area contributed by atoms with Gasteiger partial charge in [-0.1, -0.05) is 42.5 Å². The molecule has 0 fully saturated rings. The van der Waals surface area contributed by atoms with E-state index in [9.17, 15) is 9.59 Å². The smallest absolute Gasteiger partial charge is 0.282 e. The first-order chi connectivity index (χ1) is 15.1. The van der Waals surface area contributed by atoms with Gasteiger partial charge in [-0.05, 0) is 48.9 Å². The molecule has 156 valence electrons. The summed E-state index contributed by atoms with van der Waals surface area (Å²) in [6, 6.07) is 23.3. The minimum absolute atomic E-state index is 0.200. The van der Waals surface area contributed by atoms with Crippen molar-refractivity contribution < 1.29 is 19.1 Å². The number of anilines is 2. The van der Waals surface area contributed by atoms with Crippen molar-refractivity contribution in [2.24, 2.45) is 0 Å². The molecule has 2 amide bonds. The van der Waals surface area contributed by atoms with Gasteiger partial charge < -0.3 is 14.8 Å². The molecule has 0 aliphatic carbocycles. The highest BCUT2D eigenvalue weighted by molar-refractivity contribution is 6.46. The van der Waals surface area contributed by atoms with Gasteiger partial charge in [0.2, 0.25) is 0 Å². The third-order valence-electron chi connectivity index (χ3n) is 4.92. The summed E-state index contributed by atoms with van der Waals surface area (Å²) in [6.45, 7) is 2.37. The van der Waals surface area contributed by atoms with Gasteiger partial charge in [-0.2, -0.15) is 0 Å². The zero-order valence-electron chi connectivity index (χ0n) is 17.3. The Morgan fingerprint density at radius 1 is 0.839 bits per heavy atom. The van der Waals surface area contributed by atoms with Crippen LogP contribution in [0.4, 0.5) is 11.4 Å². The van der Waals surface area contributed by atoms with Crippen LogP contribution < -0.4 is 19.7 Å². The molecule has 0 bridgehead atoms. The second-order valence-corrected chi connectivity index (χ2v) is 6.81. The van der Waals surface area contributed by atoms with Gasteiger partial charge >= 0.3 is 0 Å². The average molecular weight is 414 g/mol. The molecule has 3 aromatic carbocycles. The van der Waals surface area contributed by atoms with Crippen LogP contribution in [0.15, 0.2) is 84.6 Å². The van der Waals surface area contributed by atoms with Crippen LogP contribution in [-0.4, -0.2) is 25.5 Å². The van der Waals surface area contributed by atoms with Crippen LogP contribution in [0.2, 0.25) is 0 Å². The van der Waals surface area contributed by atoms with Crippen LogP contribution in [0.3, 0.4) is 0 Å². The number of rotatable bonds is 7. The molecule has 0 saturated heterocycles. The van der Waals surface area contributed by atoms with Gasteiger partial charge in [0.05, 0.1) is 30.7 Å². The van der Waals surface area contributed by atoms with E-state index in [0.29, 0.717) is 40.6 Å². The Hall–Kier alpha value is -4.06. The first kappa shape index (κ1) is 20.2. The Balaban J connectivity index is 1.82. The van der Waals surface area contributed by atoms with E-state index in [4.69, 9.17) is 9.47 Å². The van der Waals surface area contributed by atoms with Crippen LogP contribution in [0, 0.1) is 0 Å². The summed E-state index contributed by atoms with van der Waals surface area (Å²) in [5.74, 6) is 0.452. The molecular formula is C25H22N2O4. The minimum atomic E-state index is -0.423. The van der Waals surface area contributed by atoms with Gasteiger partial charge in [-0.25, -0.2) is 4.90 Å². The SMILES string of the molecule is CCOc1ccccc1NC1=C(c2ccc(OC)cc2)C(=O)N(c2ccccc2)C1=O. The number of carbonyl (C=O) groups is 2. The number of hydrogen-bond donors (Lipinski definition) is 1. The number of amides is 2. The predicted octanol–water partition coefficient (Wildman–Crippen LogP) is 4.49.